The van der Waals surface area contributed by atoms with Crippen LogP contribution in [0.15, 0.2) is 54.7 Å². The average molecular weight is 239 g/mol. The zero-order chi connectivity index (χ0) is 12.4. The minimum Gasteiger partial charge on any atom is -0.206 e. The van der Waals surface area contributed by atoms with Gasteiger partial charge >= 0.3 is 0 Å². The number of hydrogen-bond acceptors (Lipinski definition) is 2. The molecule has 0 aliphatic heterocycles. The predicted molar refractivity (Wildman–Crippen MR) is 67.2 cm³/mol. The number of nitrogens with one attached hydrogen (secondary N) is 1. The Balaban J connectivity index is 2.25. The van der Waals surface area contributed by atoms with Gasteiger partial charge in [-0.1, -0.05) is 42.5 Å². The van der Waals surface area contributed by atoms with Crippen LogP contribution in [0.1, 0.15) is 0 Å². The van der Waals surface area contributed by atoms with Crippen LogP contribution in [0.25, 0.3) is 22.4 Å². The van der Waals surface area contributed by atoms with Crippen molar-refractivity contribution in [3.05, 3.63) is 60.5 Å². The molecule has 88 valence electrons. The van der Waals surface area contributed by atoms with Gasteiger partial charge in [0.15, 0.2) is 0 Å². The first-order valence-electron chi connectivity index (χ1n) is 5.56. The number of aromatic amines is 1. The van der Waals surface area contributed by atoms with Gasteiger partial charge in [0, 0.05) is 5.56 Å². The molecule has 0 fully saturated rings. The Morgan fingerprint density at radius 3 is 2.50 bits per heavy atom. The van der Waals surface area contributed by atoms with Crippen LogP contribution in [0.2, 0.25) is 0 Å². The molecule has 0 spiro atoms. The standard InChI is InChI=1S/C14H10FN3/c15-12-8-4-7-11(10-5-2-1-3-6-10)14(12)13-9-16-18-17-13/h1-9H,(H,16,17,18). The third kappa shape index (κ3) is 1.78. The van der Waals surface area contributed by atoms with Gasteiger partial charge in [-0.25, -0.2) is 4.39 Å². The normalized spacial score (nSPS) is 10.5. The molecule has 0 atom stereocenters. The molecule has 0 bridgehead atoms. The molecule has 1 heterocycles. The largest absolute Gasteiger partial charge is 0.206 e. The summed E-state index contributed by atoms with van der Waals surface area (Å²) in [5.41, 5.74) is 2.74. The van der Waals surface area contributed by atoms with E-state index in [0.29, 0.717) is 11.3 Å². The first-order chi connectivity index (χ1) is 8.86. The van der Waals surface area contributed by atoms with Crippen LogP contribution in [0, 0.1) is 5.82 Å². The molecule has 0 unspecified atom stereocenters. The molecule has 0 aliphatic carbocycles. The second-order valence-electron chi connectivity index (χ2n) is 3.88. The lowest BCUT2D eigenvalue weighted by Crippen LogP contribution is -1.90. The first kappa shape index (κ1) is 10.7. The van der Waals surface area contributed by atoms with Gasteiger partial charge in [0.25, 0.3) is 0 Å². The lowest BCUT2D eigenvalue weighted by Gasteiger charge is -2.08. The molecule has 1 aromatic heterocycles. The van der Waals surface area contributed by atoms with Crippen molar-refractivity contribution in [3.63, 3.8) is 0 Å². The van der Waals surface area contributed by atoms with Crippen LogP contribution in [-0.4, -0.2) is 15.4 Å². The smallest absolute Gasteiger partial charge is 0.133 e. The van der Waals surface area contributed by atoms with E-state index in [1.165, 1.54) is 12.3 Å². The average Bonchev–Trinajstić information content (AvgIpc) is 2.93. The highest BCUT2D eigenvalue weighted by Crippen LogP contribution is 2.32. The molecular weight excluding hydrogens is 229 g/mol. The Kier molecular flexibility index (Phi) is 2.61. The summed E-state index contributed by atoms with van der Waals surface area (Å²) in [6.45, 7) is 0. The fraction of sp³-hybridized carbons (Fsp3) is 0. The highest BCUT2D eigenvalue weighted by atomic mass is 19.1. The molecule has 0 radical (unpaired) electrons. The summed E-state index contributed by atoms with van der Waals surface area (Å²) < 4.78 is 14.0. The van der Waals surface area contributed by atoms with Crippen molar-refractivity contribution in [2.75, 3.05) is 0 Å². The summed E-state index contributed by atoms with van der Waals surface area (Å²) >= 11 is 0. The fourth-order valence-corrected chi connectivity index (χ4v) is 1.96. The van der Waals surface area contributed by atoms with Gasteiger partial charge in [-0.2, -0.15) is 15.4 Å². The van der Waals surface area contributed by atoms with Crippen molar-refractivity contribution >= 4 is 0 Å². The fourth-order valence-electron chi connectivity index (χ4n) is 1.96. The molecule has 3 rings (SSSR count). The summed E-state index contributed by atoms with van der Waals surface area (Å²) in [7, 11) is 0. The summed E-state index contributed by atoms with van der Waals surface area (Å²) in [5.74, 6) is -0.301. The zero-order valence-corrected chi connectivity index (χ0v) is 9.47. The van der Waals surface area contributed by atoms with Gasteiger partial charge in [0.2, 0.25) is 0 Å². The molecule has 3 nitrogen and oxygen atoms in total. The Bertz CT molecular complexity index is 648. The van der Waals surface area contributed by atoms with E-state index >= 15 is 0 Å². The highest BCUT2D eigenvalue weighted by molar-refractivity contribution is 5.81. The lowest BCUT2D eigenvalue weighted by molar-refractivity contribution is 0.631. The molecule has 1 N–H and O–H groups in total. The molecule has 0 aliphatic rings. The van der Waals surface area contributed by atoms with E-state index in [2.05, 4.69) is 15.4 Å². The Hall–Kier alpha value is -2.49. The summed E-state index contributed by atoms with van der Waals surface area (Å²) in [4.78, 5) is 0. The monoisotopic (exact) mass is 239 g/mol. The lowest BCUT2D eigenvalue weighted by atomic mass is 9.97. The molecule has 4 heteroatoms. The van der Waals surface area contributed by atoms with Gasteiger partial charge in [-0.05, 0) is 17.2 Å². The first-order valence-corrected chi connectivity index (χ1v) is 5.56. The van der Waals surface area contributed by atoms with E-state index in [0.717, 1.165) is 11.1 Å². The minimum atomic E-state index is -0.301. The number of hydrogen-bond donors (Lipinski definition) is 1. The van der Waals surface area contributed by atoms with E-state index in [4.69, 9.17) is 0 Å². The number of H-pyrrole nitrogens is 1. The van der Waals surface area contributed by atoms with Gasteiger partial charge in [-0.15, -0.1) is 0 Å². The van der Waals surface area contributed by atoms with Crippen LogP contribution in [-0.2, 0) is 0 Å². The Morgan fingerprint density at radius 2 is 1.78 bits per heavy atom. The second-order valence-corrected chi connectivity index (χ2v) is 3.88. The van der Waals surface area contributed by atoms with Gasteiger partial charge in [0.05, 0.1) is 6.20 Å². The van der Waals surface area contributed by atoms with Crippen molar-refractivity contribution < 1.29 is 4.39 Å². The van der Waals surface area contributed by atoms with Crippen molar-refractivity contribution in [1.82, 2.24) is 15.4 Å². The quantitative estimate of drug-likeness (QED) is 0.745. The molecule has 18 heavy (non-hydrogen) atoms. The summed E-state index contributed by atoms with van der Waals surface area (Å²) in [5, 5.41) is 10.2. The maximum absolute atomic E-state index is 14.0. The predicted octanol–water partition coefficient (Wildman–Crippen LogP) is 3.28. The number of benzene rings is 2. The number of rotatable bonds is 2. The Morgan fingerprint density at radius 1 is 0.944 bits per heavy atom. The zero-order valence-electron chi connectivity index (χ0n) is 9.47. The minimum absolute atomic E-state index is 0.301. The number of nitrogens with zero attached hydrogens (tertiary/aromatic N) is 2. The number of halogens is 1. The molecule has 0 saturated carbocycles. The van der Waals surface area contributed by atoms with E-state index in [1.807, 2.05) is 36.4 Å². The second kappa shape index (κ2) is 4.41. The summed E-state index contributed by atoms with van der Waals surface area (Å²) in [6, 6.07) is 14.7. The molecule has 3 aromatic rings. The van der Waals surface area contributed by atoms with E-state index in [9.17, 15) is 4.39 Å². The van der Waals surface area contributed by atoms with Gasteiger partial charge in [-0.3, -0.25) is 0 Å². The van der Waals surface area contributed by atoms with Gasteiger partial charge < -0.3 is 0 Å². The molecule has 0 amide bonds. The van der Waals surface area contributed by atoms with Crippen molar-refractivity contribution in [2.45, 2.75) is 0 Å². The third-order valence-corrected chi connectivity index (χ3v) is 2.77. The Labute approximate surface area is 103 Å². The maximum atomic E-state index is 14.0. The molecule has 2 aromatic carbocycles. The highest BCUT2D eigenvalue weighted by Gasteiger charge is 2.14. The topological polar surface area (TPSA) is 41.6 Å². The summed E-state index contributed by atoms with van der Waals surface area (Å²) in [6.07, 6.45) is 1.52. The van der Waals surface area contributed by atoms with Crippen LogP contribution in [0.5, 0.6) is 0 Å². The van der Waals surface area contributed by atoms with Crippen molar-refractivity contribution in [3.8, 4) is 22.4 Å². The number of aromatic nitrogens is 3. The van der Waals surface area contributed by atoms with E-state index in [1.54, 1.807) is 6.07 Å². The van der Waals surface area contributed by atoms with E-state index in [-0.39, 0.29) is 5.82 Å². The SMILES string of the molecule is Fc1cccc(-c2ccccc2)c1-c1cn[nH]n1. The van der Waals surface area contributed by atoms with Gasteiger partial charge in [0.1, 0.15) is 11.5 Å². The van der Waals surface area contributed by atoms with Crippen LogP contribution >= 0.6 is 0 Å². The maximum Gasteiger partial charge on any atom is 0.133 e. The molecular formula is C14H10FN3. The van der Waals surface area contributed by atoms with E-state index < -0.39 is 0 Å². The van der Waals surface area contributed by atoms with Crippen LogP contribution < -0.4 is 0 Å². The molecule has 0 saturated heterocycles. The van der Waals surface area contributed by atoms with Crippen LogP contribution in [0.4, 0.5) is 4.39 Å². The van der Waals surface area contributed by atoms with Crippen molar-refractivity contribution in [1.29, 1.82) is 0 Å². The third-order valence-electron chi connectivity index (χ3n) is 2.77. The van der Waals surface area contributed by atoms with Crippen molar-refractivity contribution in [2.24, 2.45) is 0 Å². The van der Waals surface area contributed by atoms with Crippen LogP contribution in [0.3, 0.4) is 0 Å².